The highest BCUT2D eigenvalue weighted by atomic mass is 32.2. The first-order chi connectivity index (χ1) is 19.6. The number of hydrogen-bond donors (Lipinski definition) is 1. The Labute approximate surface area is 243 Å². The number of aryl methyl sites for hydroxylation is 1. The second-order valence-corrected chi connectivity index (χ2v) is 12.0. The van der Waals surface area contributed by atoms with E-state index in [-0.39, 0.29) is 43.6 Å². The van der Waals surface area contributed by atoms with Crippen molar-refractivity contribution in [3.8, 4) is 0 Å². The summed E-state index contributed by atoms with van der Waals surface area (Å²) in [5.74, 6) is -0.933. The van der Waals surface area contributed by atoms with Crippen molar-refractivity contribution in [2.24, 2.45) is 0 Å². The molecule has 220 valence electrons. The van der Waals surface area contributed by atoms with Crippen molar-refractivity contribution in [2.45, 2.75) is 58.5 Å². The average molecular weight is 582 g/mol. The first-order valence-corrected chi connectivity index (χ1v) is 15.9. The van der Waals surface area contributed by atoms with Gasteiger partial charge in [-0.15, -0.1) is 0 Å². The standard InChI is InChI=1S/C32H40FN3O4S/c1-4-21-34-32(38)30(23-26-10-7-6-8-11-26)35(24-27-13-17-28(33)18-14-27)31(37)12-9-22-36(41(3,39)40)29-19-15-25(5-2)16-20-29/h6-8,10-11,13-20,30H,4-5,9,12,21-24H2,1-3H3,(H,34,38)/t30-/m1/s1. The molecule has 0 saturated heterocycles. The maximum Gasteiger partial charge on any atom is 0.243 e. The molecule has 2 amide bonds. The van der Waals surface area contributed by atoms with Gasteiger partial charge in [0.2, 0.25) is 21.8 Å². The lowest BCUT2D eigenvalue weighted by molar-refractivity contribution is -0.141. The second-order valence-electron chi connectivity index (χ2n) is 10.1. The zero-order chi connectivity index (χ0) is 29.8. The first-order valence-electron chi connectivity index (χ1n) is 14.0. The highest BCUT2D eigenvalue weighted by molar-refractivity contribution is 7.92. The fourth-order valence-corrected chi connectivity index (χ4v) is 5.57. The Morgan fingerprint density at radius 3 is 2.10 bits per heavy atom. The third-order valence-corrected chi connectivity index (χ3v) is 8.07. The van der Waals surface area contributed by atoms with Crippen LogP contribution in [-0.2, 0) is 39.0 Å². The number of sulfonamides is 1. The third kappa shape index (κ3) is 9.70. The summed E-state index contributed by atoms with van der Waals surface area (Å²) in [4.78, 5) is 28.7. The van der Waals surface area contributed by atoms with Crippen molar-refractivity contribution in [3.05, 3.63) is 101 Å². The van der Waals surface area contributed by atoms with Gasteiger partial charge < -0.3 is 10.2 Å². The summed E-state index contributed by atoms with van der Waals surface area (Å²) >= 11 is 0. The van der Waals surface area contributed by atoms with Gasteiger partial charge in [0.1, 0.15) is 11.9 Å². The highest BCUT2D eigenvalue weighted by Gasteiger charge is 2.30. The lowest BCUT2D eigenvalue weighted by atomic mass is 10.0. The van der Waals surface area contributed by atoms with Crippen LogP contribution in [0.25, 0.3) is 0 Å². The molecule has 0 bridgehead atoms. The number of hydrogen-bond acceptors (Lipinski definition) is 4. The second kappa shape index (κ2) is 15.3. The minimum absolute atomic E-state index is 0.0343. The molecule has 0 aliphatic rings. The molecule has 7 nitrogen and oxygen atoms in total. The van der Waals surface area contributed by atoms with Gasteiger partial charge in [-0.05, 0) is 60.2 Å². The van der Waals surface area contributed by atoms with Crippen LogP contribution in [0.2, 0.25) is 0 Å². The first kappa shape index (κ1) is 31.8. The minimum atomic E-state index is -3.58. The van der Waals surface area contributed by atoms with Crippen LogP contribution in [-0.4, -0.2) is 50.5 Å². The van der Waals surface area contributed by atoms with E-state index in [1.807, 2.05) is 56.3 Å². The van der Waals surface area contributed by atoms with Crippen molar-refractivity contribution < 1.29 is 22.4 Å². The number of anilines is 1. The number of amides is 2. The maximum absolute atomic E-state index is 13.8. The van der Waals surface area contributed by atoms with E-state index < -0.39 is 16.1 Å². The predicted molar refractivity (Wildman–Crippen MR) is 161 cm³/mol. The number of carbonyl (C=O) groups is 2. The molecule has 0 aliphatic carbocycles. The third-order valence-electron chi connectivity index (χ3n) is 6.87. The fourth-order valence-electron chi connectivity index (χ4n) is 4.61. The summed E-state index contributed by atoms with van der Waals surface area (Å²) in [7, 11) is -3.58. The van der Waals surface area contributed by atoms with Crippen LogP contribution in [0.4, 0.5) is 10.1 Å². The van der Waals surface area contributed by atoms with Crippen LogP contribution in [0.3, 0.4) is 0 Å². The van der Waals surface area contributed by atoms with E-state index in [2.05, 4.69) is 5.32 Å². The Balaban J connectivity index is 1.85. The molecule has 1 atom stereocenters. The summed E-state index contributed by atoms with van der Waals surface area (Å²) in [5.41, 5.74) is 3.23. The van der Waals surface area contributed by atoms with E-state index in [1.165, 1.54) is 21.3 Å². The van der Waals surface area contributed by atoms with Gasteiger partial charge in [-0.2, -0.15) is 0 Å². The Bertz CT molecular complexity index is 1360. The Hall–Kier alpha value is -3.72. The molecular formula is C32H40FN3O4S. The summed E-state index contributed by atoms with van der Waals surface area (Å²) in [5, 5.41) is 2.93. The van der Waals surface area contributed by atoms with Gasteiger partial charge in [-0.1, -0.05) is 68.4 Å². The van der Waals surface area contributed by atoms with Gasteiger partial charge >= 0.3 is 0 Å². The molecule has 3 aromatic rings. The Morgan fingerprint density at radius 2 is 1.51 bits per heavy atom. The largest absolute Gasteiger partial charge is 0.354 e. The summed E-state index contributed by atoms with van der Waals surface area (Å²) < 4.78 is 40.1. The van der Waals surface area contributed by atoms with Crippen LogP contribution in [0, 0.1) is 5.82 Å². The van der Waals surface area contributed by atoms with Crippen molar-refractivity contribution in [3.63, 3.8) is 0 Å². The quantitative estimate of drug-likeness (QED) is 0.271. The number of benzene rings is 3. The van der Waals surface area contributed by atoms with E-state index in [4.69, 9.17) is 0 Å². The van der Waals surface area contributed by atoms with Crippen LogP contribution < -0.4 is 9.62 Å². The van der Waals surface area contributed by atoms with Gasteiger partial charge in [0, 0.05) is 32.5 Å². The zero-order valence-electron chi connectivity index (χ0n) is 24.1. The minimum Gasteiger partial charge on any atom is -0.354 e. The van der Waals surface area contributed by atoms with Gasteiger partial charge in [0.05, 0.1) is 11.9 Å². The smallest absolute Gasteiger partial charge is 0.243 e. The molecule has 0 saturated carbocycles. The van der Waals surface area contributed by atoms with E-state index in [0.717, 1.165) is 30.2 Å². The average Bonchev–Trinajstić information content (AvgIpc) is 2.96. The van der Waals surface area contributed by atoms with E-state index in [1.54, 1.807) is 24.3 Å². The lowest BCUT2D eigenvalue weighted by Gasteiger charge is -2.32. The highest BCUT2D eigenvalue weighted by Crippen LogP contribution is 2.21. The van der Waals surface area contributed by atoms with Crippen LogP contribution in [0.1, 0.15) is 49.8 Å². The molecular weight excluding hydrogens is 541 g/mol. The monoisotopic (exact) mass is 581 g/mol. The summed E-state index contributed by atoms with van der Waals surface area (Å²) in [6.07, 6.45) is 3.34. The topological polar surface area (TPSA) is 86.8 Å². The zero-order valence-corrected chi connectivity index (χ0v) is 24.9. The molecule has 0 aromatic heterocycles. The van der Waals surface area contributed by atoms with Crippen LogP contribution in [0.5, 0.6) is 0 Å². The summed E-state index contributed by atoms with van der Waals surface area (Å²) in [6, 6.07) is 21.9. The van der Waals surface area contributed by atoms with Crippen LogP contribution >= 0.6 is 0 Å². The fraction of sp³-hybridized carbons (Fsp3) is 0.375. The number of nitrogens with zero attached hydrogens (tertiary/aromatic N) is 2. The van der Waals surface area contributed by atoms with Crippen molar-refractivity contribution >= 4 is 27.5 Å². The number of carbonyl (C=O) groups excluding carboxylic acids is 2. The molecule has 0 fully saturated rings. The molecule has 0 spiro atoms. The van der Waals surface area contributed by atoms with Gasteiger partial charge in [-0.3, -0.25) is 13.9 Å². The number of halogens is 1. The normalized spacial score (nSPS) is 12.0. The lowest BCUT2D eigenvalue weighted by Crippen LogP contribution is -2.50. The van der Waals surface area contributed by atoms with Crippen LogP contribution in [0.15, 0.2) is 78.9 Å². The Morgan fingerprint density at radius 1 is 0.878 bits per heavy atom. The Kier molecular flexibility index (Phi) is 11.9. The number of nitrogens with one attached hydrogen (secondary N) is 1. The molecule has 3 rings (SSSR count). The van der Waals surface area contributed by atoms with Crippen molar-refractivity contribution in [2.75, 3.05) is 23.7 Å². The van der Waals surface area contributed by atoms with Crippen molar-refractivity contribution in [1.29, 1.82) is 0 Å². The molecule has 9 heteroatoms. The molecule has 0 radical (unpaired) electrons. The van der Waals surface area contributed by atoms with Gasteiger partial charge in [0.15, 0.2) is 0 Å². The number of rotatable bonds is 15. The molecule has 0 heterocycles. The van der Waals surface area contributed by atoms with E-state index in [9.17, 15) is 22.4 Å². The van der Waals surface area contributed by atoms with E-state index >= 15 is 0 Å². The van der Waals surface area contributed by atoms with Gasteiger partial charge in [-0.25, -0.2) is 12.8 Å². The predicted octanol–water partition coefficient (Wildman–Crippen LogP) is 5.10. The molecule has 0 unspecified atom stereocenters. The van der Waals surface area contributed by atoms with E-state index in [0.29, 0.717) is 24.2 Å². The molecule has 1 N–H and O–H groups in total. The molecule has 3 aromatic carbocycles. The SMILES string of the molecule is CCCNC(=O)[C@@H](Cc1ccccc1)N(Cc1ccc(F)cc1)C(=O)CCCN(c1ccc(CC)cc1)S(C)(=O)=O. The molecule has 41 heavy (non-hydrogen) atoms. The maximum atomic E-state index is 13.8. The molecule has 0 aliphatic heterocycles. The summed E-state index contributed by atoms with van der Waals surface area (Å²) in [6.45, 7) is 4.69. The van der Waals surface area contributed by atoms with Gasteiger partial charge in [0.25, 0.3) is 0 Å². The van der Waals surface area contributed by atoms with Crippen molar-refractivity contribution in [1.82, 2.24) is 10.2 Å².